The van der Waals surface area contributed by atoms with Gasteiger partial charge < -0.3 is 38.6 Å². The monoisotopic (exact) mass is 746 g/mol. The number of ketones is 1. The zero-order chi connectivity index (χ0) is 39.8. The van der Waals surface area contributed by atoms with Crippen molar-refractivity contribution in [2.75, 3.05) is 7.11 Å². The summed E-state index contributed by atoms with van der Waals surface area (Å²) in [7, 11) is 1.42. The third-order valence-corrected chi connectivity index (χ3v) is 15.2. The predicted molar refractivity (Wildman–Crippen MR) is 182 cm³/mol. The number of aliphatic hydroxyl groups excluding tert-OH is 1. The van der Waals surface area contributed by atoms with Crippen LogP contribution in [0.3, 0.4) is 0 Å². The third-order valence-electron chi connectivity index (χ3n) is 15.2. The first kappa shape index (κ1) is 39.2. The molecule has 14 heteroatoms. The van der Waals surface area contributed by atoms with E-state index in [1.807, 2.05) is 13.8 Å². The molecule has 294 valence electrons. The van der Waals surface area contributed by atoms with Gasteiger partial charge in [-0.15, -0.1) is 0 Å². The minimum absolute atomic E-state index is 0.0548. The second kappa shape index (κ2) is 11.7. The Balaban J connectivity index is 1.79. The van der Waals surface area contributed by atoms with Crippen LogP contribution in [0.15, 0.2) is 11.3 Å². The van der Waals surface area contributed by atoms with Crippen molar-refractivity contribution in [1.82, 2.24) is 0 Å². The van der Waals surface area contributed by atoms with Crippen molar-refractivity contribution < 1.29 is 67.4 Å². The van der Waals surface area contributed by atoms with Gasteiger partial charge in [-0.1, -0.05) is 20.8 Å². The van der Waals surface area contributed by atoms with E-state index >= 15 is 0 Å². The summed E-state index contributed by atoms with van der Waals surface area (Å²) >= 11 is 0. The van der Waals surface area contributed by atoms with Crippen LogP contribution in [-0.4, -0.2) is 94.7 Å². The lowest BCUT2D eigenvalue weighted by Gasteiger charge is -2.73. The van der Waals surface area contributed by atoms with E-state index in [4.69, 9.17) is 28.4 Å². The van der Waals surface area contributed by atoms with Gasteiger partial charge in [0.1, 0.15) is 23.4 Å². The molecule has 0 aromatic rings. The van der Waals surface area contributed by atoms with E-state index in [-0.39, 0.29) is 37.2 Å². The number of hydrogen-bond donors (Lipinski definition) is 2. The number of fused-ring (bicyclic) bond motifs is 5. The molecule has 5 aliphatic carbocycles. The minimum atomic E-state index is -2.32. The van der Waals surface area contributed by atoms with E-state index < -0.39 is 116 Å². The van der Waals surface area contributed by atoms with Gasteiger partial charge in [-0.2, -0.15) is 0 Å². The highest BCUT2D eigenvalue weighted by molar-refractivity contribution is 5.96. The molecule has 0 aromatic heterocycles. The number of aliphatic hydroxyl groups is 2. The van der Waals surface area contributed by atoms with Crippen molar-refractivity contribution >= 4 is 35.6 Å². The summed E-state index contributed by atoms with van der Waals surface area (Å²) in [5.41, 5.74) is -10.8. The quantitative estimate of drug-likeness (QED) is 0.307. The minimum Gasteiger partial charge on any atom is -0.493 e. The first-order valence-electron chi connectivity index (χ1n) is 18.4. The Hall–Kier alpha value is -3.52. The number of methoxy groups -OCH3 is 1. The number of hydrogen-bond acceptors (Lipinski definition) is 14. The molecule has 0 amide bonds. The van der Waals surface area contributed by atoms with E-state index in [0.29, 0.717) is 5.57 Å². The van der Waals surface area contributed by atoms with E-state index in [0.717, 1.165) is 13.8 Å². The molecular weight excluding hydrogens is 692 g/mol. The van der Waals surface area contributed by atoms with Crippen molar-refractivity contribution in [2.24, 2.45) is 44.8 Å². The molecule has 53 heavy (non-hydrogen) atoms. The maximum Gasteiger partial charge on any atom is 0.312 e. The molecule has 0 radical (unpaired) electrons. The van der Waals surface area contributed by atoms with Gasteiger partial charge in [-0.25, -0.2) is 0 Å². The second-order valence-corrected chi connectivity index (χ2v) is 17.8. The number of esters is 5. The average molecular weight is 747 g/mol. The lowest BCUT2D eigenvalue weighted by molar-refractivity contribution is -0.383. The fraction of sp³-hybridized carbons (Fsp3) is 0.795. The molecule has 15 atom stereocenters. The van der Waals surface area contributed by atoms with Crippen molar-refractivity contribution in [3.63, 3.8) is 0 Å². The molecule has 5 fully saturated rings. The molecule has 4 saturated carbocycles. The van der Waals surface area contributed by atoms with Crippen LogP contribution >= 0.6 is 0 Å². The molecular formula is C39H54O14. The van der Waals surface area contributed by atoms with Crippen molar-refractivity contribution in [2.45, 2.75) is 144 Å². The zero-order valence-corrected chi connectivity index (χ0v) is 32.7. The van der Waals surface area contributed by atoms with Gasteiger partial charge in [0.25, 0.3) is 0 Å². The van der Waals surface area contributed by atoms with E-state index in [9.17, 15) is 39.0 Å². The standard InChI is InChI=1S/C39H54O14/c1-17-27(48-12)23(44)13-25-34(17,8)14-24(45)28-35(25,9)29(50-20(4)41)18(2)39(28)37(11,47)31(52-22(6)43)30(51-21(5)42)36(10)26(49-19(3)40)15-33(7)16-38(36,39)53-32(33)46/h18,24-26,28-31,45,47H,13-16H2,1-12H3. The Morgan fingerprint density at radius 3 is 1.87 bits per heavy atom. The van der Waals surface area contributed by atoms with Crippen LogP contribution in [0.4, 0.5) is 0 Å². The van der Waals surface area contributed by atoms with E-state index in [1.165, 1.54) is 27.9 Å². The van der Waals surface area contributed by atoms with Crippen molar-refractivity contribution in [3.05, 3.63) is 11.3 Å². The molecule has 6 aliphatic rings. The van der Waals surface area contributed by atoms with Crippen LogP contribution in [0, 0.1) is 44.8 Å². The third kappa shape index (κ3) is 4.50. The number of allylic oxidation sites excluding steroid dienone is 2. The maximum absolute atomic E-state index is 14.4. The highest BCUT2D eigenvalue weighted by Crippen LogP contribution is 2.83. The van der Waals surface area contributed by atoms with Crippen molar-refractivity contribution in [1.29, 1.82) is 0 Å². The Morgan fingerprint density at radius 1 is 0.811 bits per heavy atom. The molecule has 1 aliphatic heterocycles. The Kier molecular flexibility index (Phi) is 8.68. The molecule has 1 saturated heterocycles. The lowest BCUT2D eigenvalue weighted by Crippen LogP contribution is -2.86. The largest absolute Gasteiger partial charge is 0.493 e. The first-order chi connectivity index (χ1) is 24.3. The fourth-order valence-corrected chi connectivity index (χ4v) is 13.6. The van der Waals surface area contributed by atoms with E-state index in [2.05, 4.69) is 0 Å². The zero-order valence-electron chi connectivity index (χ0n) is 32.7. The molecule has 2 spiro atoms. The molecule has 0 aromatic carbocycles. The smallest absolute Gasteiger partial charge is 0.312 e. The number of carbonyl (C=O) groups excluding carboxylic acids is 6. The SMILES string of the molecule is COC1=C(C)C2(C)CC(O)C3C(C)(C(OC(C)=O)C(C)C34C(C)(O)C(OC(C)=O)C(OC(C)=O)C3(C)C(OC(C)=O)CC5(C)CC34OC5=O)C2CC1=O. The molecule has 6 rings (SSSR count). The summed E-state index contributed by atoms with van der Waals surface area (Å²) in [4.78, 5) is 80.5. The topological polar surface area (TPSA) is 198 Å². The summed E-state index contributed by atoms with van der Waals surface area (Å²) in [5.74, 6) is -6.49. The van der Waals surface area contributed by atoms with Crippen LogP contribution in [-0.2, 0) is 57.2 Å². The van der Waals surface area contributed by atoms with Crippen LogP contribution in [0.5, 0.6) is 0 Å². The first-order valence-corrected chi connectivity index (χ1v) is 18.4. The highest BCUT2D eigenvalue weighted by Gasteiger charge is 2.94. The summed E-state index contributed by atoms with van der Waals surface area (Å²) in [6, 6.07) is 0. The van der Waals surface area contributed by atoms with Gasteiger partial charge in [0.2, 0.25) is 0 Å². The Morgan fingerprint density at radius 2 is 1.34 bits per heavy atom. The summed E-state index contributed by atoms with van der Waals surface area (Å²) < 4.78 is 36.8. The second-order valence-electron chi connectivity index (χ2n) is 17.8. The number of Topliss-reactive ketones (excluding diaryl/α,β-unsaturated/α-hetero) is 1. The Bertz CT molecular complexity index is 1720. The molecule has 2 N–H and O–H groups in total. The van der Waals surface area contributed by atoms with E-state index in [1.54, 1.807) is 27.7 Å². The van der Waals surface area contributed by atoms with Crippen LogP contribution in [0.1, 0.15) is 102 Å². The molecule has 14 nitrogen and oxygen atoms in total. The fourth-order valence-electron chi connectivity index (χ4n) is 13.6. The number of ether oxygens (including phenoxy) is 6. The molecule has 2 bridgehead atoms. The van der Waals surface area contributed by atoms with Gasteiger partial charge in [0.15, 0.2) is 23.8 Å². The summed E-state index contributed by atoms with van der Waals surface area (Å²) in [5, 5.41) is 26.6. The number of rotatable bonds is 5. The lowest BCUT2D eigenvalue weighted by atomic mass is 9.33. The predicted octanol–water partition coefficient (Wildman–Crippen LogP) is 3.12. The number of carbonyl (C=O) groups is 6. The Labute approximate surface area is 309 Å². The summed E-state index contributed by atoms with van der Waals surface area (Å²) in [6.45, 7) is 16.8. The molecule has 1 heterocycles. The summed E-state index contributed by atoms with van der Waals surface area (Å²) in [6.07, 6.45) is -7.01. The average Bonchev–Trinajstić information content (AvgIpc) is 3.38. The normalized spacial score (nSPS) is 49.6. The maximum atomic E-state index is 14.4. The van der Waals surface area contributed by atoms with Gasteiger partial charge in [0, 0.05) is 64.2 Å². The van der Waals surface area contributed by atoms with Gasteiger partial charge in [0.05, 0.1) is 29.5 Å². The highest BCUT2D eigenvalue weighted by atomic mass is 16.6. The van der Waals surface area contributed by atoms with Crippen LogP contribution in [0.25, 0.3) is 0 Å². The van der Waals surface area contributed by atoms with Gasteiger partial charge in [-0.3, -0.25) is 28.8 Å². The van der Waals surface area contributed by atoms with Crippen molar-refractivity contribution in [3.8, 4) is 0 Å². The van der Waals surface area contributed by atoms with Crippen LogP contribution < -0.4 is 0 Å². The van der Waals surface area contributed by atoms with Crippen LogP contribution in [0.2, 0.25) is 0 Å². The molecule has 15 unspecified atom stereocenters. The van der Waals surface area contributed by atoms with Gasteiger partial charge in [-0.05, 0) is 51.0 Å². The van der Waals surface area contributed by atoms with Gasteiger partial charge >= 0.3 is 29.8 Å².